The molecular weight excluding hydrogens is 305 g/mol. The summed E-state index contributed by atoms with van der Waals surface area (Å²) in [5, 5.41) is 13.3. The van der Waals surface area contributed by atoms with Gasteiger partial charge in [-0.15, -0.1) is 0 Å². The second-order valence-electron chi connectivity index (χ2n) is 5.19. The maximum atomic E-state index is 12.9. The molecule has 2 rings (SSSR count). The van der Waals surface area contributed by atoms with Gasteiger partial charge in [-0.2, -0.15) is 0 Å². The molecule has 0 aliphatic carbocycles. The van der Waals surface area contributed by atoms with Crippen molar-refractivity contribution in [3.63, 3.8) is 0 Å². The summed E-state index contributed by atoms with van der Waals surface area (Å²) in [5.41, 5.74) is 1.70. The molecule has 0 aromatic heterocycles. The smallest absolute Gasteiger partial charge is 0.253 e. The predicted molar refractivity (Wildman–Crippen MR) is 84.5 cm³/mol. The second kappa shape index (κ2) is 6.90. The van der Waals surface area contributed by atoms with Crippen LogP contribution in [0.1, 0.15) is 34.5 Å². The Morgan fingerprint density at radius 3 is 2.50 bits per heavy atom. The van der Waals surface area contributed by atoms with Crippen LogP contribution in [0.4, 0.5) is 4.39 Å². The zero-order chi connectivity index (χ0) is 16.3. The minimum absolute atomic E-state index is 0.359. The largest absolute Gasteiger partial charge is 0.386 e. The summed E-state index contributed by atoms with van der Waals surface area (Å²) in [7, 11) is 0. The first-order valence-electron chi connectivity index (χ1n) is 6.89. The van der Waals surface area contributed by atoms with Gasteiger partial charge in [0.1, 0.15) is 5.82 Å². The van der Waals surface area contributed by atoms with Crippen molar-refractivity contribution in [2.45, 2.75) is 26.0 Å². The van der Waals surface area contributed by atoms with Crippen LogP contribution in [0.5, 0.6) is 0 Å². The van der Waals surface area contributed by atoms with E-state index in [-0.39, 0.29) is 11.7 Å². The average Bonchev–Trinajstić information content (AvgIpc) is 2.50. The third-order valence-corrected chi connectivity index (χ3v) is 3.98. The molecular formula is C17H17ClFNO2. The van der Waals surface area contributed by atoms with Crippen molar-refractivity contribution in [2.75, 3.05) is 0 Å². The monoisotopic (exact) mass is 321 g/mol. The zero-order valence-corrected chi connectivity index (χ0v) is 13.1. The first-order valence-corrected chi connectivity index (χ1v) is 7.27. The van der Waals surface area contributed by atoms with E-state index in [2.05, 4.69) is 5.32 Å². The fraction of sp³-hybridized carbons (Fsp3) is 0.235. The van der Waals surface area contributed by atoms with E-state index in [1.54, 1.807) is 19.1 Å². The maximum absolute atomic E-state index is 12.9. The Hall–Kier alpha value is -1.91. The average molecular weight is 322 g/mol. The highest BCUT2D eigenvalue weighted by molar-refractivity contribution is 6.34. The van der Waals surface area contributed by atoms with Gasteiger partial charge in [0.25, 0.3) is 5.91 Å². The van der Waals surface area contributed by atoms with Gasteiger partial charge in [-0.3, -0.25) is 4.79 Å². The fourth-order valence-electron chi connectivity index (χ4n) is 2.13. The summed E-state index contributed by atoms with van der Waals surface area (Å²) in [6.07, 6.45) is -0.937. The molecule has 0 radical (unpaired) electrons. The molecule has 3 nitrogen and oxygen atoms in total. The van der Waals surface area contributed by atoms with E-state index in [0.717, 1.165) is 5.56 Å². The molecule has 0 saturated carbocycles. The highest BCUT2D eigenvalue weighted by atomic mass is 35.5. The fourth-order valence-corrected chi connectivity index (χ4v) is 2.35. The molecule has 0 heterocycles. The Labute approximate surface area is 133 Å². The molecule has 0 aliphatic heterocycles. The lowest BCUT2D eigenvalue weighted by atomic mass is 10.0. The van der Waals surface area contributed by atoms with E-state index < -0.39 is 12.1 Å². The summed E-state index contributed by atoms with van der Waals surface area (Å²) >= 11 is 6.12. The number of nitrogens with one attached hydrogen (secondary N) is 1. The lowest BCUT2D eigenvalue weighted by molar-refractivity contribution is 0.0852. The minimum atomic E-state index is -0.937. The van der Waals surface area contributed by atoms with Crippen LogP contribution in [-0.2, 0) is 0 Å². The molecule has 2 unspecified atom stereocenters. The Bertz CT molecular complexity index is 673. The molecule has 0 aliphatic rings. The molecule has 2 aromatic rings. The number of aryl methyl sites for hydroxylation is 1. The molecule has 0 spiro atoms. The lowest BCUT2D eigenvalue weighted by Gasteiger charge is -2.21. The van der Waals surface area contributed by atoms with Crippen LogP contribution in [0, 0.1) is 12.7 Å². The van der Waals surface area contributed by atoms with Gasteiger partial charge in [-0.1, -0.05) is 35.9 Å². The summed E-state index contributed by atoms with van der Waals surface area (Å²) in [5.74, 6) is -0.735. The SMILES string of the molecule is Cc1cccc(C(=O)NC(C)C(O)c2ccc(F)cc2)c1Cl. The van der Waals surface area contributed by atoms with Crippen LogP contribution >= 0.6 is 11.6 Å². The number of hydrogen-bond acceptors (Lipinski definition) is 2. The highest BCUT2D eigenvalue weighted by Gasteiger charge is 2.20. The van der Waals surface area contributed by atoms with Crippen molar-refractivity contribution in [3.8, 4) is 0 Å². The topological polar surface area (TPSA) is 49.3 Å². The van der Waals surface area contributed by atoms with Crippen molar-refractivity contribution >= 4 is 17.5 Å². The minimum Gasteiger partial charge on any atom is -0.386 e. The second-order valence-corrected chi connectivity index (χ2v) is 5.57. The van der Waals surface area contributed by atoms with Crippen LogP contribution in [-0.4, -0.2) is 17.1 Å². The molecule has 2 aromatic carbocycles. The molecule has 2 N–H and O–H groups in total. The van der Waals surface area contributed by atoms with Gasteiger partial charge in [0.05, 0.1) is 22.7 Å². The predicted octanol–water partition coefficient (Wildman–Crippen LogP) is 3.64. The van der Waals surface area contributed by atoms with E-state index in [0.29, 0.717) is 16.1 Å². The molecule has 22 heavy (non-hydrogen) atoms. The zero-order valence-electron chi connectivity index (χ0n) is 12.3. The molecule has 5 heteroatoms. The van der Waals surface area contributed by atoms with Crippen molar-refractivity contribution in [1.29, 1.82) is 0 Å². The normalized spacial score (nSPS) is 13.5. The quantitative estimate of drug-likeness (QED) is 0.903. The Morgan fingerprint density at radius 2 is 1.86 bits per heavy atom. The van der Waals surface area contributed by atoms with Crippen LogP contribution in [0.3, 0.4) is 0 Å². The third-order valence-electron chi connectivity index (χ3n) is 3.48. The summed E-state index contributed by atoms with van der Waals surface area (Å²) in [4.78, 5) is 12.3. The van der Waals surface area contributed by atoms with Crippen molar-refractivity contribution < 1.29 is 14.3 Å². The van der Waals surface area contributed by atoms with Gasteiger partial charge in [0.2, 0.25) is 0 Å². The number of rotatable bonds is 4. The van der Waals surface area contributed by atoms with Crippen LogP contribution in [0.15, 0.2) is 42.5 Å². The third kappa shape index (κ3) is 3.64. The van der Waals surface area contributed by atoms with Crippen molar-refractivity contribution in [1.82, 2.24) is 5.32 Å². The standard InChI is InChI=1S/C17H17ClFNO2/c1-10-4-3-5-14(15(10)18)17(22)20-11(2)16(21)12-6-8-13(19)9-7-12/h3-9,11,16,21H,1-2H3,(H,20,22). The summed E-state index contributed by atoms with van der Waals surface area (Å²) in [6, 6.07) is 10.2. The van der Waals surface area contributed by atoms with Gasteiger partial charge in [0, 0.05) is 0 Å². The number of aliphatic hydroxyl groups excluding tert-OH is 1. The molecule has 116 valence electrons. The van der Waals surface area contributed by atoms with E-state index in [9.17, 15) is 14.3 Å². The maximum Gasteiger partial charge on any atom is 0.253 e. The molecule has 0 saturated heterocycles. The Balaban J connectivity index is 2.10. The van der Waals surface area contributed by atoms with Gasteiger partial charge in [0.15, 0.2) is 0 Å². The molecule has 1 amide bonds. The molecule has 0 fully saturated rings. The van der Waals surface area contributed by atoms with Crippen molar-refractivity contribution in [2.24, 2.45) is 0 Å². The molecule has 0 bridgehead atoms. The van der Waals surface area contributed by atoms with E-state index in [1.807, 2.05) is 13.0 Å². The molecule has 2 atom stereocenters. The number of carbonyl (C=O) groups excluding carboxylic acids is 1. The van der Waals surface area contributed by atoms with E-state index in [1.165, 1.54) is 24.3 Å². The summed E-state index contributed by atoms with van der Waals surface area (Å²) in [6.45, 7) is 3.49. The number of hydrogen-bond donors (Lipinski definition) is 2. The first kappa shape index (κ1) is 16.5. The number of aliphatic hydroxyl groups is 1. The number of benzene rings is 2. The van der Waals surface area contributed by atoms with Gasteiger partial charge in [-0.05, 0) is 43.2 Å². The number of amides is 1. The summed E-state index contributed by atoms with van der Waals surface area (Å²) < 4.78 is 12.9. The lowest BCUT2D eigenvalue weighted by Crippen LogP contribution is -2.37. The van der Waals surface area contributed by atoms with Gasteiger partial charge < -0.3 is 10.4 Å². The van der Waals surface area contributed by atoms with Gasteiger partial charge in [-0.25, -0.2) is 4.39 Å². The highest BCUT2D eigenvalue weighted by Crippen LogP contribution is 2.22. The van der Waals surface area contributed by atoms with Crippen LogP contribution < -0.4 is 5.32 Å². The van der Waals surface area contributed by atoms with Gasteiger partial charge >= 0.3 is 0 Å². The number of halogens is 2. The van der Waals surface area contributed by atoms with Crippen molar-refractivity contribution in [3.05, 3.63) is 70.0 Å². The van der Waals surface area contributed by atoms with E-state index in [4.69, 9.17) is 11.6 Å². The Morgan fingerprint density at radius 1 is 1.23 bits per heavy atom. The van der Waals surface area contributed by atoms with Crippen LogP contribution in [0.2, 0.25) is 5.02 Å². The van der Waals surface area contributed by atoms with Crippen LogP contribution in [0.25, 0.3) is 0 Å². The van der Waals surface area contributed by atoms with E-state index >= 15 is 0 Å². The number of carbonyl (C=O) groups is 1. The Kier molecular flexibility index (Phi) is 5.16. The first-order chi connectivity index (χ1) is 10.4.